The molecule has 0 fully saturated rings. The molecule has 3 aromatic rings. The summed E-state index contributed by atoms with van der Waals surface area (Å²) in [5, 5.41) is 29.0. The van der Waals surface area contributed by atoms with E-state index in [2.05, 4.69) is 10.5 Å². The van der Waals surface area contributed by atoms with Crippen LogP contribution in [0.25, 0.3) is 11.3 Å². The highest BCUT2D eigenvalue weighted by atomic mass is 35.5. The fraction of sp³-hybridized carbons (Fsp3) is 0.150. The summed E-state index contributed by atoms with van der Waals surface area (Å²) in [6, 6.07) is 7.90. The molecular weight excluding hydrogens is 460 g/mol. The summed E-state index contributed by atoms with van der Waals surface area (Å²) in [5.41, 5.74) is -1.43. The number of halogens is 1. The number of nitro groups is 2. The second kappa shape index (κ2) is 9.44. The van der Waals surface area contributed by atoms with Crippen LogP contribution in [-0.4, -0.2) is 33.5 Å². The molecule has 0 aliphatic carbocycles. The lowest BCUT2D eigenvalue weighted by molar-refractivity contribution is -0.394. The molecular formula is C20H15ClN4O8. The Balaban J connectivity index is 2.07. The van der Waals surface area contributed by atoms with Crippen molar-refractivity contribution < 1.29 is 28.7 Å². The molecule has 0 bridgehead atoms. The zero-order chi connectivity index (χ0) is 24.3. The highest BCUT2D eigenvalue weighted by Gasteiger charge is 2.29. The van der Waals surface area contributed by atoms with Crippen LogP contribution >= 0.6 is 11.6 Å². The van der Waals surface area contributed by atoms with E-state index < -0.39 is 39.0 Å². The van der Waals surface area contributed by atoms with Gasteiger partial charge in [-0.1, -0.05) is 28.9 Å². The smallest absolute Gasteiger partial charge is 0.346 e. The predicted octanol–water partition coefficient (Wildman–Crippen LogP) is 4.55. The minimum absolute atomic E-state index is 0.0215. The van der Waals surface area contributed by atoms with Gasteiger partial charge >= 0.3 is 5.97 Å². The second-order valence-corrected chi connectivity index (χ2v) is 7.00. The van der Waals surface area contributed by atoms with Gasteiger partial charge in [0.05, 0.1) is 28.1 Å². The average molecular weight is 475 g/mol. The van der Waals surface area contributed by atoms with E-state index in [1.54, 1.807) is 31.2 Å². The van der Waals surface area contributed by atoms with Crippen molar-refractivity contribution in [3.8, 4) is 11.3 Å². The topological polar surface area (TPSA) is 168 Å². The van der Waals surface area contributed by atoms with E-state index >= 15 is 0 Å². The summed E-state index contributed by atoms with van der Waals surface area (Å²) in [5.74, 6) is -2.22. The molecule has 0 saturated carbocycles. The van der Waals surface area contributed by atoms with Crippen LogP contribution < -0.4 is 5.32 Å². The minimum Gasteiger partial charge on any atom is -0.462 e. The minimum atomic E-state index is -0.983. The second-order valence-electron chi connectivity index (χ2n) is 6.57. The number of benzene rings is 2. The molecule has 1 aromatic heterocycles. The Hall–Kier alpha value is -4.32. The highest BCUT2D eigenvalue weighted by Crippen LogP contribution is 2.32. The Labute approximate surface area is 190 Å². The number of esters is 1. The predicted molar refractivity (Wildman–Crippen MR) is 115 cm³/mol. The van der Waals surface area contributed by atoms with E-state index in [0.717, 1.165) is 12.1 Å². The monoisotopic (exact) mass is 474 g/mol. The number of rotatable bonds is 7. The first kappa shape index (κ1) is 23.3. The number of nitrogens with zero attached hydrogens (tertiary/aromatic N) is 3. The molecule has 0 aliphatic rings. The third kappa shape index (κ3) is 4.80. The van der Waals surface area contributed by atoms with Crippen molar-refractivity contribution in [3.63, 3.8) is 0 Å². The molecule has 0 radical (unpaired) electrons. The van der Waals surface area contributed by atoms with Crippen LogP contribution in [0.4, 0.5) is 17.3 Å². The number of aromatic nitrogens is 1. The van der Waals surface area contributed by atoms with Gasteiger partial charge in [0, 0.05) is 22.2 Å². The van der Waals surface area contributed by atoms with Gasteiger partial charge < -0.3 is 9.26 Å². The van der Waals surface area contributed by atoms with Gasteiger partial charge in [0.15, 0.2) is 5.56 Å². The summed E-state index contributed by atoms with van der Waals surface area (Å²) in [4.78, 5) is 46.2. The van der Waals surface area contributed by atoms with Gasteiger partial charge in [-0.2, -0.15) is 0 Å². The zero-order valence-electron chi connectivity index (χ0n) is 17.2. The molecule has 0 atom stereocenters. The van der Waals surface area contributed by atoms with Crippen molar-refractivity contribution in [1.29, 1.82) is 0 Å². The fourth-order valence-corrected chi connectivity index (χ4v) is 3.08. The number of anilines is 1. The summed E-state index contributed by atoms with van der Waals surface area (Å²) < 4.78 is 10.2. The van der Waals surface area contributed by atoms with Gasteiger partial charge in [-0.05, 0) is 26.0 Å². The largest absolute Gasteiger partial charge is 0.462 e. The highest BCUT2D eigenvalue weighted by molar-refractivity contribution is 6.30. The number of hydrogen-bond donors (Lipinski definition) is 1. The van der Waals surface area contributed by atoms with Gasteiger partial charge in [-0.3, -0.25) is 30.3 Å². The molecule has 2 aromatic carbocycles. The van der Waals surface area contributed by atoms with Crippen LogP contribution in [-0.2, 0) is 4.74 Å². The Morgan fingerprint density at radius 3 is 2.39 bits per heavy atom. The van der Waals surface area contributed by atoms with Crippen molar-refractivity contribution in [3.05, 3.63) is 78.3 Å². The number of carbonyl (C=O) groups excluding carboxylic acids is 2. The lowest BCUT2D eigenvalue weighted by Gasteiger charge is -2.08. The van der Waals surface area contributed by atoms with E-state index in [0.29, 0.717) is 10.6 Å². The van der Waals surface area contributed by atoms with E-state index in [4.69, 9.17) is 20.9 Å². The van der Waals surface area contributed by atoms with Crippen LogP contribution in [0.1, 0.15) is 33.2 Å². The van der Waals surface area contributed by atoms with Crippen molar-refractivity contribution in [2.75, 3.05) is 11.9 Å². The molecule has 12 nitrogen and oxygen atoms in total. The maximum Gasteiger partial charge on any atom is 0.346 e. The number of carbonyl (C=O) groups is 2. The molecule has 13 heteroatoms. The lowest BCUT2D eigenvalue weighted by atomic mass is 10.0. The fourth-order valence-electron chi connectivity index (χ4n) is 2.96. The Morgan fingerprint density at radius 2 is 1.82 bits per heavy atom. The molecule has 1 amide bonds. The van der Waals surface area contributed by atoms with Gasteiger partial charge in [0.1, 0.15) is 5.69 Å². The number of nitrogens with one attached hydrogen (secondary N) is 1. The first-order valence-electron chi connectivity index (χ1n) is 9.31. The summed E-state index contributed by atoms with van der Waals surface area (Å²) in [6.45, 7) is 2.87. The molecule has 0 saturated heterocycles. The molecule has 0 spiro atoms. The summed E-state index contributed by atoms with van der Waals surface area (Å²) in [7, 11) is 0. The maximum absolute atomic E-state index is 12.9. The Morgan fingerprint density at radius 1 is 1.15 bits per heavy atom. The van der Waals surface area contributed by atoms with E-state index in [1.165, 1.54) is 6.92 Å². The third-order valence-corrected chi connectivity index (χ3v) is 4.79. The first-order chi connectivity index (χ1) is 15.6. The SMILES string of the molecule is CCOC(=O)c1c(-c2ccc(Cl)cc2)noc1NC(=O)c1cc([N+](=O)[O-])cc([N+](=O)[O-])c1C. The van der Waals surface area contributed by atoms with Crippen molar-refractivity contribution in [2.24, 2.45) is 0 Å². The van der Waals surface area contributed by atoms with Crippen molar-refractivity contribution in [2.45, 2.75) is 13.8 Å². The van der Waals surface area contributed by atoms with Gasteiger partial charge in [0.2, 0.25) is 5.88 Å². The summed E-state index contributed by atoms with van der Waals surface area (Å²) in [6.07, 6.45) is 0. The molecule has 3 rings (SSSR count). The van der Waals surface area contributed by atoms with Gasteiger partial charge in [0.25, 0.3) is 17.3 Å². The maximum atomic E-state index is 12.9. The van der Waals surface area contributed by atoms with Crippen LogP contribution in [0.15, 0.2) is 40.9 Å². The number of hydrogen-bond acceptors (Lipinski definition) is 9. The van der Waals surface area contributed by atoms with Crippen LogP contribution in [0.3, 0.4) is 0 Å². The molecule has 170 valence electrons. The lowest BCUT2D eigenvalue weighted by Crippen LogP contribution is -2.17. The van der Waals surface area contributed by atoms with E-state index in [1.807, 2.05) is 0 Å². The van der Waals surface area contributed by atoms with E-state index in [-0.39, 0.29) is 29.0 Å². The molecule has 1 heterocycles. The molecule has 0 unspecified atom stereocenters. The first-order valence-corrected chi connectivity index (χ1v) is 9.69. The Kier molecular flexibility index (Phi) is 6.68. The zero-order valence-corrected chi connectivity index (χ0v) is 17.9. The van der Waals surface area contributed by atoms with Crippen molar-refractivity contribution in [1.82, 2.24) is 5.16 Å². The molecule has 0 aliphatic heterocycles. The Bertz CT molecular complexity index is 1270. The quantitative estimate of drug-likeness (QED) is 0.293. The van der Waals surface area contributed by atoms with Crippen LogP contribution in [0, 0.1) is 27.2 Å². The van der Waals surface area contributed by atoms with Crippen LogP contribution in [0.5, 0.6) is 0 Å². The normalized spacial score (nSPS) is 10.5. The molecule has 33 heavy (non-hydrogen) atoms. The van der Waals surface area contributed by atoms with Gasteiger partial charge in [-0.15, -0.1) is 0 Å². The molecule has 1 N–H and O–H groups in total. The summed E-state index contributed by atoms with van der Waals surface area (Å²) >= 11 is 5.89. The standard InChI is InChI=1S/C20H15ClN4O8/c1-3-32-20(27)16-17(11-4-6-12(21)7-5-11)23-33-19(16)22-18(26)14-8-13(24(28)29)9-15(10(14)2)25(30)31/h4-9H,3H2,1-2H3,(H,22,26). The average Bonchev–Trinajstić information content (AvgIpc) is 3.17. The number of nitro benzene ring substituents is 2. The van der Waals surface area contributed by atoms with Crippen molar-refractivity contribution >= 4 is 40.7 Å². The number of amides is 1. The van der Waals surface area contributed by atoms with Crippen LogP contribution in [0.2, 0.25) is 5.02 Å². The number of ether oxygens (including phenoxy) is 1. The van der Waals surface area contributed by atoms with E-state index in [9.17, 15) is 29.8 Å². The number of non-ortho nitro benzene ring substituents is 1. The third-order valence-electron chi connectivity index (χ3n) is 4.53. The van der Waals surface area contributed by atoms with Gasteiger partial charge in [-0.25, -0.2) is 4.79 Å².